The number of hydrogen-bond donors (Lipinski definition) is 2. The molecule has 0 radical (unpaired) electrons. The van der Waals surface area contributed by atoms with Gasteiger partial charge in [-0.05, 0) is 56.4 Å². The van der Waals surface area contributed by atoms with Crippen molar-refractivity contribution in [3.8, 4) is 0 Å². The summed E-state index contributed by atoms with van der Waals surface area (Å²) in [5.41, 5.74) is 5.34. The Labute approximate surface area is 203 Å². The lowest BCUT2D eigenvalue weighted by molar-refractivity contribution is 0.0819. The number of rotatable bonds is 7. The third kappa shape index (κ3) is 5.50. The number of urea groups is 1. The van der Waals surface area contributed by atoms with Crippen LogP contribution in [0.3, 0.4) is 0 Å². The molecule has 2 aliphatic rings. The molecule has 2 heterocycles. The van der Waals surface area contributed by atoms with E-state index in [1.807, 2.05) is 69.0 Å². The topological polar surface area (TPSA) is 64.7 Å². The smallest absolute Gasteiger partial charge is 0.315 e. The minimum absolute atomic E-state index is 0.0449. The highest BCUT2D eigenvalue weighted by atomic mass is 16.2. The maximum absolute atomic E-state index is 13.2. The van der Waals surface area contributed by atoms with Crippen LogP contribution < -0.4 is 10.6 Å². The van der Waals surface area contributed by atoms with Crippen molar-refractivity contribution in [3.63, 3.8) is 0 Å². The van der Waals surface area contributed by atoms with Crippen molar-refractivity contribution in [3.05, 3.63) is 82.6 Å². The Morgan fingerprint density at radius 2 is 1.68 bits per heavy atom. The molecule has 2 atom stereocenters. The Bertz CT molecular complexity index is 1040. The lowest BCUT2D eigenvalue weighted by Crippen LogP contribution is -2.42. The van der Waals surface area contributed by atoms with Gasteiger partial charge in [-0.2, -0.15) is 0 Å². The molecule has 4 rings (SSSR count). The molecule has 1 unspecified atom stereocenters. The third-order valence-corrected chi connectivity index (χ3v) is 6.76. The number of benzene rings is 2. The predicted molar refractivity (Wildman–Crippen MR) is 136 cm³/mol. The first kappa shape index (κ1) is 24.0. The van der Waals surface area contributed by atoms with E-state index in [0.717, 1.165) is 54.9 Å². The number of fused-ring (bicyclic) bond motifs is 1. The van der Waals surface area contributed by atoms with Crippen molar-refractivity contribution < 1.29 is 9.59 Å². The molecule has 6 heteroatoms. The number of carbonyl (C=O) groups excluding carboxylic acids is 2. The van der Waals surface area contributed by atoms with Gasteiger partial charge in [0.25, 0.3) is 5.91 Å². The third-order valence-electron chi connectivity index (χ3n) is 6.76. The first-order valence-corrected chi connectivity index (χ1v) is 12.2. The highest BCUT2D eigenvalue weighted by molar-refractivity contribution is 5.98. The van der Waals surface area contributed by atoms with Gasteiger partial charge in [0, 0.05) is 49.9 Å². The van der Waals surface area contributed by atoms with Crippen LogP contribution >= 0.6 is 0 Å². The first-order chi connectivity index (χ1) is 16.3. The van der Waals surface area contributed by atoms with Crippen LogP contribution in [0.1, 0.15) is 53.4 Å². The summed E-state index contributed by atoms with van der Waals surface area (Å²) in [6, 6.07) is 16.1. The van der Waals surface area contributed by atoms with Crippen molar-refractivity contribution in [2.45, 2.75) is 46.2 Å². The van der Waals surface area contributed by atoms with Gasteiger partial charge < -0.3 is 15.5 Å². The largest absolute Gasteiger partial charge is 0.336 e. The van der Waals surface area contributed by atoms with E-state index in [-0.39, 0.29) is 24.0 Å². The molecule has 0 aliphatic carbocycles. The number of aryl methyl sites for hydroxylation is 2. The van der Waals surface area contributed by atoms with Crippen LogP contribution in [0, 0.1) is 19.8 Å². The Kier molecular flexibility index (Phi) is 7.37. The Morgan fingerprint density at radius 1 is 0.971 bits per heavy atom. The van der Waals surface area contributed by atoms with E-state index in [1.165, 1.54) is 5.57 Å². The molecular formula is C28H36N4O2. The quantitative estimate of drug-likeness (QED) is 0.643. The molecule has 2 aromatic rings. The minimum atomic E-state index is -0.134. The molecule has 34 heavy (non-hydrogen) atoms. The summed E-state index contributed by atoms with van der Waals surface area (Å²) in [6.45, 7) is 11.4. The van der Waals surface area contributed by atoms with E-state index in [1.54, 1.807) is 0 Å². The van der Waals surface area contributed by atoms with Crippen molar-refractivity contribution in [2.75, 3.05) is 26.2 Å². The number of nitrogens with zero attached hydrogens (tertiary/aromatic N) is 2. The van der Waals surface area contributed by atoms with Crippen molar-refractivity contribution >= 4 is 11.9 Å². The average molecular weight is 461 g/mol. The molecule has 2 aliphatic heterocycles. The molecule has 0 aromatic heterocycles. The second-order valence-corrected chi connectivity index (χ2v) is 9.88. The number of hydrogen-bond acceptors (Lipinski definition) is 3. The second-order valence-electron chi connectivity index (χ2n) is 9.88. The van der Waals surface area contributed by atoms with Gasteiger partial charge in [-0.25, -0.2) is 4.79 Å². The van der Waals surface area contributed by atoms with Crippen LogP contribution in [0.25, 0.3) is 0 Å². The summed E-state index contributed by atoms with van der Waals surface area (Å²) in [7, 11) is 0. The lowest BCUT2D eigenvalue weighted by atomic mass is 10.0. The SMILES string of the molecule is Cc1cccc(C)c1C(=O)N1C=C2CN(CC[C@H](NC(=O)NC(C)C)c3ccccc3)CC2C1. The molecule has 1 saturated heterocycles. The molecule has 2 N–H and O–H groups in total. The van der Waals surface area contributed by atoms with Crippen molar-refractivity contribution in [1.82, 2.24) is 20.4 Å². The maximum atomic E-state index is 13.2. The summed E-state index contributed by atoms with van der Waals surface area (Å²) in [5.74, 6) is 0.495. The highest BCUT2D eigenvalue weighted by Gasteiger charge is 2.36. The van der Waals surface area contributed by atoms with E-state index in [0.29, 0.717) is 5.92 Å². The van der Waals surface area contributed by atoms with Crippen LogP contribution in [0.15, 0.2) is 60.3 Å². The van der Waals surface area contributed by atoms with Crippen molar-refractivity contribution in [1.29, 1.82) is 0 Å². The fourth-order valence-electron chi connectivity index (χ4n) is 5.08. The summed E-state index contributed by atoms with van der Waals surface area (Å²) in [5, 5.41) is 6.08. The van der Waals surface area contributed by atoms with Gasteiger partial charge in [0.05, 0.1) is 6.04 Å². The number of nitrogens with one attached hydrogen (secondary N) is 2. The lowest BCUT2D eigenvalue weighted by Gasteiger charge is -2.24. The molecule has 180 valence electrons. The fraction of sp³-hybridized carbons (Fsp3) is 0.429. The molecule has 2 aromatic carbocycles. The average Bonchev–Trinajstić information content (AvgIpc) is 3.35. The van der Waals surface area contributed by atoms with Gasteiger partial charge >= 0.3 is 6.03 Å². The molecule has 6 nitrogen and oxygen atoms in total. The highest BCUT2D eigenvalue weighted by Crippen LogP contribution is 2.32. The Balaban J connectivity index is 1.37. The van der Waals surface area contributed by atoms with Gasteiger partial charge in [-0.15, -0.1) is 0 Å². The Hall–Kier alpha value is -3.12. The maximum Gasteiger partial charge on any atom is 0.315 e. The number of amides is 3. The van der Waals surface area contributed by atoms with Gasteiger partial charge in [-0.3, -0.25) is 9.69 Å². The first-order valence-electron chi connectivity index (χ1n) is 12.2. The van der Waals surface area contributed by atoms with E-state index in [2.05, 4.69) is 33.9 Å². The zero-order chi connectivity index (χ0) is 24.2. The number of carbonyl (C=O) groups is 2. The summed E-state index contributed by atoms with van der Waals surface area (Å²) >= 11 is 0. The molecule has 0 bridgehead atoms. The zero-order valence-electron chi connectivity index (χ0n) is 20.7. The minimum Gasteiger partial charge on any atom is -0.336 e. The van der Waals surface area contributed by atoms with Gasteiger partial charge in [0.1, 0.15) is 0 Å². The monoisotopic (exact) mass is 460 g/mol. The van der Waals surface area contributed by atoms with Crippen LogP contribution in [0.5, 0.6) is 0 Å². The van der Waals surface area contributed by atoms with E-state index in [9.17, 15) is 9.59 Å². The van der Waals surface area contributed by atoms with Gasteiger partial charge in [0.2, 0.25) is 0 Å². The molecule has 1 fully saturated rings. The fourth-order valence-corrected chi connectivity index (χ4v) is 5.08. The second kappa shape index (κ2) is 10.4. The summed E-state index contributed by atoms with van der Waals surface area (Å²) in [6.07, 6.45) is 2.91. The molecular weight excluding hydrogens is 424 g/mol. The summed E-state index contributed by atoms with van der Waals surface area (Å²) in [4.78, 5) is 29.9. The molecule has 0 saturated carbocycles. The van der Waals surface area contributed by atoms with Gasteiger partial charge in [-0.1, -0.05) is 48.5 Å². The van der Waals surface area contributed by atoms with Crippen molar-refractivity contribution in [2.24, 2.45) is 5.92 Å². The van der Waals surface area contributed by atoms with Crippen LogP contribution in [-0.4, -0.2) is 54.0 Å². The predicted octanol–water partition coefficient (Wildman–Crippen LogP) is 4.41. The van der Waals surface area contributed by atoms with Crippen LogP contribution in [0.2, 0.25) is 0 Å². The zero-order valence-corrected chi connectivity index (χ0v) is 20.7. The Morgan fingerprint density at radius 3 is 2.32 bits per heavy atom. The molecule has 3 amide bonds. The number of likely N-dealkylation sites (tertiary alicyclic amines) is 1. The van der Waals surface area contributed by atoms with Crippen LogP contribution in [-0.2, 0) is 0 Å². The molecule has 0 spiro atoms. The normalized spacial score (nSPS) is 18.6. The van der Waals surface area contributed by atoms with Crippen LogP contribution in [0.4, 0.5) is 4.79 Å². The van der Waals surface area contributed by atoms with E-state index < -0.39 is 0 Å². The summed E-state index contributed by atoms with van der Waals surface area (Å²) < 4.78 is 0. The van der Waals surface area contributed by atoms with E-state index in [4.69, 9.17) is 0 Å². The van der Waals surface area contributed by atoms with E-state index >= 15 is 0 Å². The standard InChI is InChI=1S/C28H36N4O2/c1-19(2)29-28(34)30-25(22-11-6-5-7-12-22)13-14-31-15-23-17-32(18-24(23)16-31)27(33)26-20(3)9-8-10-21(26)4/h5-12,17,19,24-25H,13-16,18H2,1-4H3,(H2,29,30,34)/t24?,25-/m0/s1. The van der Waals surface area contributed by atoms with Gasteiger partial charge in [0.15, 0.2) is 0 Å².